The van der Waals surface area contributed by atoms with Crippen LogP contribution in [0.2, 0.25) is 0 Å². The third-order valence-electron chi connectivity index (χ3n) is 2.40. The molecule has 1 aromatic carbocycles. The quantitative estimate of drug-likeness (QED) is 0.877. The van der Waals surface area contributed by atoms with E-state index in [4.69, 9.17) is 4.42 Å². The topological polar surface area (TPSA) is 42.2 Å². The minimum absolute atomic E-state index is 0.0813. The summed E-state index contributed by atoms with van der Waals surface area (Å²) in [7, 11) is 1.62. The molecule has 3 nitrogen and oxygen atoms in total. The van der Waals surface area contributed by atoms with Crippen LogP contribution >= 0.6 is 0 Å². The van der Waals surface area contributed by atoms with E-state index in [1.807, 2.05) is 45.0 Å². The van der Waals surface area contributed by atoms with Gasteiger partial charge in [0.25, 0.3) is 5.91 Å². The van der Waals surface area contributed by atoms with E-state index in [1.165, 1.54) is 0 Å². The maximum Gasteiger partial charge on any atom is 0.251 e. The summed E-state index contributed by atoms with van der Waals surface area (Å²) in [6, 6.07) is 11.2. The highest BCUT2D eigenvalue weighted by Gasteiger charge is 2.05. The van der Waals surface area contributed by atoms with Crippen LogP contribution in [0.4, 0.5) is 0 Å². The molecule has 0 saturated carbocycles. The monoisotopic (exact) mass is 245 g/mol. The van der Waals surface area contributed by atoms with Gasteiger partial charge in [0, 0.05) is 18.2 Å². The average Bonchev–Trinajstić information content (AvgIpc) is 2.87. The Bertz CT molecular complexity index is 497. The summed E-state index contributed by atoms with van der Waals surface area (Å²) in [5, 5.41) is 2.58. The Morgan fingerprint density at radius 3 is 2.11 bits per heavy atom. The van der Waals surface area contributed by atoms with E-state index in [0.717, 1.165) is 17.1 Å². The molecular weight excluding hydrogens is 226 g/mol. The van der Waals surface area contributed by atoms with E-state index in [2.05, 4.69) is 5.32 Å². The van der Waals surface area contributed by atoms with Gasteiger partial charge in [-0.15, -0.1) is 0 Å². The van der Waals surface area contributed by atoms with Crippen molar-refractivity contribution in [3.05, 3.63) is 47.7 Å². The van der Waals surface area contributed by atoms with Gasteiger partial charge in [-0.3, -0.25) is 4.79 Å². The number of nitrogens with one attached hydrogen (secondary N) is 1. The van der Waals surface area contributed by atoms with E-state index in [-0.39, 0.29) is 5.91 Å². The Morgan fingerprint density at radius 1 is 1.06 bits per heavy atom. The molecule has 1 heterocycles. The third kappa shape index (κ3) is 3.23. The van der Waals surface area contributed by atoms with Crippen LogP contribution in [0, 0.1) is 6.92 Å². The van der Waals surface area contributed by atoms with Crippen LogP contribution in [-0.4, -0.2) is 13.0 Å². The van der Waals surface area contributed by atoms with Gasteiger partial charge in [0.05, 0.1) is 0 Å². The van der Waals surface area contributed by atoms with Crippen LogP contribution in [0.3, 0.4) is 0 Å². The SMILES string of the molecule is CC.CNC(=O)c1ccc(-c2ccc(C)o2)cc1. The second-order valence-corrected chi connectivity index (χ2v) is 3.57. The third-order valence-corrected chi connectivity index (χ3v) is 2.40. The molecule has 0 aliphatic carbocycles. The van der Waals surface area contributed by atoms with Crippen LogP contribution in [-0.2, 0) is 0 Å². The molecule has 0 saturated heterocycles. The number of carbonyl (C=O) groups excluding carboxylic acids is 1. The largest absolute Gasteiger partial charge is 0.461 e. The first-order valence-electron chi connectivity index (χ1n) is 6.09. The van der Waals surface area contributed by atoms with Gasteiger partial charge in [0.1, 0.15) is 11.5 Å². The average molecular weight is 245 g/mol. The highest BCUT2D eigenvalue weighted by molar-refractivity contribution is 5.94. The lowest BCUT2D eigenvalue weighted by molar-refractivity contribution is 0.0963. The number of amides is 1. The van der Waals surface area contributed by atoms with Crippen molar-refractivity contribution >= 4 is 5.91 Å². The van der Waals surface area contributed by atoms with E-state index in [9.17, 15) is 4.79 Å². The number of furan rings is 1. The molecule has 96 valence electrons. The highest BCUT2D eigenvalue weighted by Crippen LogP contribution is 2.22. The zero-order chi connectivity index (χ0) is 13.5. The molecule has 1 N–H and O–H groups in total. The van der Waals surface area contributed by atoms with E-state index >= 15 is 0 Å². The summed E-state index contributed by atoms with van der Waals surface area (Å²) in [4.78, 5) is 11.3. The first kappa shape index (κ1) is 14.0. The van der Waals surface area contributed by atoms with Gasteiger partial charge >= 0.3 is 0 Å². The van der Waals surface area contributed by atoms with Crippen molar-refractivity contribution in [3.63, 3.8) is 0 Å². The summed E-state index contributed by atoms with van der Waals surface area (Å²) in [6.45, 7) is 5.91. The number of carbonyl (C=O) groups is 1. The van der Waals surface area contributed by atoms with E-state index < -0.39 is 0 Å². The molecule has 0 atom stereocenters. The van der Waals surface area contributed by atoms with Crippen LogP contribution in [0.5, 0.6) is 0 Å². The van der Waals surface area contributed by atoms with Crippen molar-refractivity contribution in [1.29, 1.82) is 0 Å². The predicted molar refractivity (Wildman–Crippen MR) is 73.6 cm³/mol. The minimum atomic E-state index is -0.0813. The van der Waals surface area contributed by atoms with Crippen LogP contribution in [0.1, 0.15) is 30.0 Å². The van der Waals surface area contributed by atoms with E-state index in [0.29, 0.717) is 5.56 Å². The standard InChI is InChI=1S/C13H13NO2.C2H6/c1-9-3-8-12(16-9)10-4-6-11(7-5-10)13(15)14-2;1-2/h3-8H,1-2H3,(H,14,15);1-2H3. The first-order valence-corrected chi connectivity index (χ1v) is 6.09. The molecule has 0 radical (unpaired) electrons. The maximum absolute atomic E-state index is 11.3. The number of aryl methyl sites for hydroxylation is 1. The lowest BCUT2D eigenvalue weighted by Gasteiger charge is -2.01. The number of rotatable bonds is 2. The molecule has 0 bridgehead atoms. The molecule has 0 fully saturated rings. The molecule has 0 spiro atoms. The van der Waals surface area contributed by atoms with Gasteiger partial charge in [0.2, 0.25) is 0 Å². The number of benzene rings is 1. The summed E-state index contributed by atoms with van der Waals surface area (Å²) in [6.07, 6.45) is 0. The Morgan fingerprint density at radius 2 is 1.67 bits per heavy atom. The van der Waals surface area contributed by atoms with Crippen LogP contribution in [0.15, 0.2) is 40.8 Å². The summed E-state index contributed by atoms with van der Waals surface area (Å²) < 4.78 is 5.50. The molecule has 0 aliphatic rings. The Kier molecular flexibility index (Phi) is 5.18. The molecular formula is C15H19NO2. The second kappa shape index (κ2) is 6.64. The number of hydrogen-bond acceptors (Lipinski definition) is 2. The van der Waals surface area contributed by atoms with Gasteiger partial charge in [0.15, 0.2) is 0 Å². The summed E-state index contributed by atoms with van der Waals surface area (Å²) >= 11 is 0. The molecule has 2 rings (SSSR count). The van der Waals surface area contributed by atoms with Gasteiger partial charge in [-0.1, -0.05) is 26.0 Å². The Labute approximate surface area is 108 Å². The fraction of sp³-hybridized carbons (Fsp3) is 0.267. The fourth-order valence-corrected chi connectivity index (χ4v) is 1.52. The molecule has 18 heavy (non-hydrogen) atoms. The molecule has 1 amide bonds. The molecule has 1 aromatic heterocycles. The lowest BCUT2D eigenvalue weighted by Crippen LogP contribution is -2.17. The van der Waals surface area contributed by atoms with Crippen molar-refractivity contribution in [3.8, 4) is 11.3 Å². The number of hydrogen-bond donors (Lipinski definition) is 1. The summed E-state index contributed by atoms with van der Waals surface area (Å²) in [5.41, 5.74) is 1.62. The van der Waals surface area contributed by atoms with Gasteiger partial charge in [-0.05, 0) is 31.2 Å². The second-order valence-electron chi connectivity index (χ2n) is 3.57. The van der Waals surface area contributed by atoms with Crippen molar-refractivity contribution in [1.82, 2.24) is 5.32 Å². The molecule has 0 unspecified atom stereocenters. The Balaban J connectivity index is 0.000000771. The smallest absolute Gasteiger partial charge is 0.251 e. The van der Waals surface area contributed by atoms with Crippen molar-refractivity contribution in [2.75, 3.05) is 7.05 Å². The molecule has 0 aliphatic heterocycles. The van der Waals surface area contributed by atoms with Gasteiger partial charge in [-0.25, -0.2) is 0 Å². The fourth-order valence-electron chi connectivity index (χ4n) is 1.52. The molecule has 3 heteroatoms. The predicted octanol–water partition coefficient (Wildman–Crippen LogP) is 3.64. The lowest BCUT2D eigenvalue weighted by atomic mass is 10.1. The first-order chi connectivity index (χ1) is 8.70. The summed E-state index contributed by atoms with van der Waals surface area (Å²) in [5.74, 6) is 1.62. The van der Waals surface area contributed by atoms with Crippen LogP contribution < -0.4 is 5.32 Å². The van der Waals surface area contributed by atoms with Crippen LogP contribution in [0.25, 0.3) is 11.3 Å². The normalized spacial score (nSPS) is 9.33. The van der Waals surface area contributed by atoms with Crippen molar-refractivity contribution < 1.29 is 9.21 Å². The minimum Gasteiger partial charge on any atom is -0.461 e. The zero-order valence-corrected chi connectivity index (χ0v) is 11.3. The molecule has 2 aromatic rings. The maximum atomic E-state index is 11.3. The van der Waals surface area contributed by atoms with Crippen molar-refractivity contribution in [2.45, 2.75) is 20.8 Å². The van der Waals surface area contributed by atoms with E-state index in [1.54, 1.807) is 19.2 Å². The highest BCUT2D eigenvalue weighted by atomic mass is 16.3. The Hall–Kier alpha value is -2.03. The zero-order valence-electron chi connectivity index (χ0n) is 11.3. The van der Waals surface area contributed by atoms with Gasteiger partial charge < -0.3 is 9.73 Å². The van der Waals surface area contributed by atoms with Crippen molar-refractivity contribution in [2.24, 2.45) is 0 Å². The van der Waals surface area contributed by atoms with Gasteiger partial charge in [-0.2, -0.15) is 0 Å².